The first-order valence-corrected chi connectivity index (χ1v) is 6.64. The fourth-order valence-electron chi connectivity index (χ4n) is 1.90. The molecule has 0 saturated heterocycles. The van der Waals surface area contributed by atoms with Crippen LogP contribution in [-0.4, -0.2) is 26.7 Å². The lowest BCUT2D eigenvalue weighted by Crippen LogP contribution is -2.02. The summed E-state index contributed by atoms with van der Waals surface area (Å²) in [5.74, 6) is 0. The number of aryl methyl sites for hydroxylation is 1. The summed E-state index contributed by atoms with van der Waals surface area (Å²) in [6.07, 6.45) is 4.13. The third-order valence-electron chi connectivity index (χ3n) is 2.88. The van der Waals surface area contributed by atoms with E-state index in [-0.39, 0.29) is 6.61 Å². The lowest BCUT2D eigenvalue weighted by Gasteiger charge is -2.05. The number of anilines is 1. The number of aliphatic hydroxyl groups is 1. The van der Waals surface area contributed by atoms with Crippen LogP contribution in [0.15, 0.2) is 30.5 Å². The van der Waals surface area contributed by atoms with E-state index >= 15 is 0 Å². The van der Waals surface area contributed by atoms with Crippen molar-refractivity contribution in [2.24, 2.45) is 0 Å². The molecule has 0 saturated carbocycles. The quantitative estimate of drug-likeness (QED) is 0.797. The van der Waals surface area contributed by atoms with Gasteiger partial charge < -0.3 is 10.4 Å². The molecule has 0 aliphatic carbocycles. The Balaban J connectivity index is 1.86. The molecule has 0 bridgehead atoms. The number of hydrogen-bond donors (Lipinski definition) is 2. The van der Waals surface area contributed by atoms with Crippen LogP contribution in [0.2, 0.25) is 0 Å². The standard InChI is InChI=1S/C14H20N4O/c1-2-3-12-4-6-13(7-5-12)15-10-14-11-18(8-9-19)17-16-14/h4-7,11,15,19H,2-3,8-10H2,1H3. The Morgan fingerprint density at radius 3 is 2.74 bits per heavy atom. The number of hydrogen-bond acceptors (Lipinski definition) is 4. The Bertz CT molecular complexity index is 492. The van der Waals surface area contributed by atoms with Crippen LogP contribution >= 0.6 is 0 Å². The molecule has 0 aliphatic rings. The van der Waals surface area contributed by atoms with Crippen molar-refractivity contribution < 1.29 is 5.11 Å². The van der Waals surface area contributed by atoms with Gasteiger partial charge in [-0.2, -0.15) is 0 Å². The van der Waals surface area contributed by atoms with E-state index in [4.69, 9.17) is 5.11 Å². The molecule has 0 fully saturated rings. The van der Waals surface area contributed by atoms with Crippen molar-refractivity contribution in [3.8, 4) is 0 Å². The summed E-state index contributed by atoms with van der Waals surface area (Å²) < 4.78 is 1.64. The molecule has 1 heterocycles. The van der Waals surface area contributed by atoms with Gasteiger partial charge in [-0.15, -0.1) is 5.10 Å². The van der Waals surface area contributed by atoms with Gasteiger partial charge in [0.15, 0.2) is 0 Å². The number of nitrogens with zero attached hydrogens (tertiary/aromatic N) is 3. The van der Waals surface area contributed by atoms with Crippen molar-refractivity contribution in [1.29, 1.82) is 0 Å². The normalized spacial score (nSPS) is 10.6. The average Bonchev–Trinajstić information content (AvgIpc) is 2.87. The molecular formula is C14H20N4O. The van der Waals surface area contributed by atoms with Crippen LogP contribution in [0, 0.1) is 0 Å². The highest BCUT2D eigenvalue weighted by molar-refractivity contribution is 5.44. The summed E-state index contributed by atoms with van der Waals surface area (Å²) in [5.41, 5.74) is 3.31. The van der Waals surface area contributed by atoms with Crippen LogP contribution in [-0.2, 0) is 19.5 Å². The van der Waals surface area contributed by atoms with Crippen LogP contribution in [0.3, 0.4) is 0 Å². The molecule has 0 aliphatic heterocycles. The van der Waals surface area contributed by atoms with Gasteiger partial charge in [0.2, 0.25) is 0 Å². The molecule has 0 atom stereocenters. The second kappa shape index (κ2) is 6.89. The van der Waals surface area contributed by atoms with E-state index in [1.165, 1.54) is 12.0 Å². The highest BCUT2D eigenvalue weighted by Crippen LogP contribution is 2.11. The van der Waals surface area contributed by atoms with E-state index in [1.54, 1.807) is 4.68 Å². The molecule has 2 aromatic rings. The number of aromatic nitrogens is 3. The maximum atomic E-state index is 8.80. The van der Waals surface area contributed by atoms with Crippen LogP contribution in [0.5, 0.6) is 0 Å². The van der Waals surface area contributed by atoms with Crippen molar-refractivity contribution in [2.45, 2.75) is 32.9 Å². The lowest BCUT2D eigenvalue weighted by atomic mass is 10.1. The zero-order chi connectivity index (χ0) is 13.5. The van der Waals surface area contributed by atoms with E-state index in [0.717, 1.165) is 17.8 Å². The van der Waals surface area contributed by atoms with E-state index in [9.17, 15) is 0 Å². The Kier molecular flexibility index (Phi) is 4.92. The van der Waals surface area contributed by atoms with Gasteiger partial charge in [-0.3, -0.25) is 0 Å². The van der Waals surface area contributed by atoms with Crippen LogP contribution in [0.4, 0.5) is 5.69 Å². The zero-order valence-corrected chi connectivity index (χ0v) is 11.2. The largest absolute Gasteiger partial charge is 0.394 e. The van der Waals surface area contributed by atoms with E-state index in [2.05, 4.69) is 46.8 Å². The van der Waals surface area contributed by atoms with Crippen molar-refractivity contribution in [2.75, 3.05) is 11.9 Å². The molecule has 0 unspecified atom stereocenters. The number of nitrogens with one attached hydrogen (secondary N) is 1. The Morgan fingerprint density at radius 1 is 1.26 bits per heavy atom. The van der Waals surface area contributed by atoms with Gasteiger partial charge in [-0.05, 0) is 24.1 Å². The molecule has 5 heteroatoms. The molecule has 1 aromatic heterocycles. The monoisotopic (exact) mass is 260 g/mol. The maximum Gasteiger partial charge on any atom is 0.102 e. The minimum absolute atomic E-state index is 0.0785. The van der Waals surface area contributed by atoms with E-state index < -0.39 is 0 Å². The number of aliphatic hydroxyl groups excluding tert-OH is 1. The summed E-state index contributed by atoms with van der Waals surface area (Å²) in [6, 6.07) is 8.47. The average molecular weight is 260 g/mol. The first-order chi connectivity index (χ1) is 9.31. The summed E-state index contributed by atoms with van der Waals surface area (Å²) in [7, 11) is 0. The van der Waals surface area contributed by atoms with Crippen molar-refractivity contribution in [3.05, 3.63) is 41.7 Å². The Labute approximate surface area is 113 Å². The summed E-state index contributed by atoms with van der Waals surface area (Å²) in [5, 5.41) is 20.1. The first-order valence-electron chi connectivity index (χ1n) is 6.64. The highest BCUT2D eigenvalue weighted by atomic mass is 16.3. The maximum absolute atomic E-state index is 8.80. The predicted octanol–water partition coefficient (Wildman–Crippen LogP) is 1.83. The molecular weight excluding hydrogens is 240 g/mol. The lowest BCUT2D eigenvalue weighted by molar-refractivity contribution is 0.268. The van der Waals surface area contributed by atoms with Crippen molar-refractivity contribution >= 4 is 5.69 Å². The molecule has 0 radical (unpaired) electrons. The second-order valence-corrected chi connectivity index (χ2v) is 4.50. The molecule has 1 aromatic carbocycles. The fraction of sp³-hybridized carbons (Fsp3) is 0.429. The molecule has 2 N–H and O–H groups in total. The van der Waals surface area contributed by atoms with Crippen molar-refractivity contribution in [1.82, 2.24) is 15.0 Å². The molecule has 5 nitrogen and oxygen atoms in total. The van der Waals surface area contributed by atoms with Gasteiger partial charge in [-0.1, -0.05) is 30.7 Å². The second-order valence-electron chi connectivity index (χ2n) is 4.50. The number of rotatable bonds is 7. The molecule has 19 heavy (non-hydrogen) atoms. The summed E-state index contributed by atoms with van der Waals surface area (Å²) >= 11 is 0. The minimum Gasteiger partial charge on any atom is -0.394 e. The van der Waals surface area contributed by atoms with Gasteiger partial charge in [-0.25, -0.2) is 4.68 Å². The van der Waals surface area contributed by atoms with Gasteiger partial charge >= 0.3 is 0 Å². The van der Waals surface area contributed by atoms with Gasteiger partial charge in [0.05, 0.1) is 25.9 Å². The highest BCUT2D eigenvalue weighted by Gasteiger charge is 2.00. The van der Waals surface area contributed by atoms with Crippen molar-refractivity contribution in [3.63, 3.8) is 0 Å². The Hall–Kier alpha value is -1.88. The SMILES string of the molecule is CCCc1ccc(NCc2cn(CCO)nn2)cc1. The minimum atomic E-state index is 0.0785. The molecule has 0 spiro atoms. The smallest absolute Gasteiger partial charge is 0.102 e. The predicted molar refractivity (Wildman–Crippen MR) is 74.9 cm³/mol. The zero-order valence-electron chi connectivity index (χ0n) is 11.2. The third kappa shape index (κ3) is 4.06. The number of benzene rings is 1. The third-order valence-corrected chi connectivity index (χ3v) is 2.88. The molecule has 102 valence electrons. The van der Waals surface area contributed by atoms with Gasteiger partial charge in [0.1, 0.15) is 5.69 Å². The topological polar surface area (TPSA) is 63.0 Å². The molecule has 2 rings (SSSR count). The van der Waals surface area contributed by atoms with E-state index in [1.807, 2.05) is 6.20 Å². The fourth-order valence-corrected chi connectivity index (χ4v) is 1.90. The van der Waals surface area contributed by atoms with Crippen LogP contribution in [0.25, 0.3) is 0 Å². The summed E-state index contributed by atoms with van der Waals surface area (Å²) in [6.45, 7) is 3.38. The molecule has 0 amide bonds. The first kappa shape index (κ1) is 13.5. The Morgan fingerprint density at radius 2 is 2.05 bits per heavy atom. The van der Waals surface area contributed by atoms with Crippen LogP contribution < -0.4 is 5.32 Å². The summed E-state index contributed by atoms with van der Waals surface area (Å²) in [4.78, 5) is 0. The van der Waals surface area contributed by atoms with E-state index in [0.29, 0.717) is 13.1 Å². The van der Waals surface area contributed by atoms with Gasteiger partial charge in [0.25, 0.3) is 0 Å². The van der Waals surface area contributed by atoms with Gasteiger partial charge in [0, 0.05) is 5.69 Å². The van der Waals surface area contributed by atoms with Crippen LogP contribution in [0.1, 0.15) is 24.6 Å².